The molecule has 2 heterocycles. The van der Waals surface area contributed by atoms with Crippen molar-refractivity contribution in [1.82, 2.24) is 9.97 Å². The zero-order chi connectivity index (χ0) is 20.9. The fourth-order valence-electron chi connectivity index (χ4n) is 1.90. The number of rotatable bonds is 3. The first-order valence-corrected chi connectivity index (χ1v) is 8.72. The minimum absolute atomic E-state index is 0.0257. The van der Waals surface area contributed by atoms with E-state index in [4.69, 9.17) is 4.74 Å². The largest absolute Gasteiger partial charge is 0.534 e. The van der Waals surface area contributed by atoms with Crippen molar-refractivity contribution in [3.05, 3.63) is 65.0 Å². The van der Waals surface area contributed by atoms with Crippen molar-refractivity contribution in [2.75, 3.05) is 7.11 Å². The molecule has 0 atom stereocenters. The molecule has 0 fully saturated rings. The molecule has 150 valence electrons. The molecule has 1 N–H and O–H groups in total. The van der Waals surface area contributed by atoms with Gasteiger partial charge in [0.1, 0.15) is 11.3 Å². The van der Waals surface area contributed by atoms with Crippen molar-refractivity contribution in [1.29, 1.82) is 0 Å². The van der Waals surface area contributed by atoms with Gasteiger partial charge in [0.2, 0.25) is 5.56 Å². The van der Waals surface area contributed by atoms with Gasteiger partial charge in [-0.25, -0.2) is 4.39 Å². The molecule has 12 heteroatoms. The van der Waals surface area contributed by atoms with Crippen LogP contribution in [-0.2, 0) is 10.1 Å². The number of pyridine rings is 2. The summed E-state index contributed by atoms with van der Waals surface area (Å²) in [7, 11) is -4.65. The number of methoxy groups -OCH3 is 1. The first-order valence-electron chi connectivity index (χ1n) is 7.32. The van der Waals surface area contributed by atoms with Crippen molar-refractivity contribution in [2.24, 2.45) is 0 Å². The molecule has 28 heavy (non-hydrogen) atoms. The van der Waals surface area contributed by atoms with Gasteiger partial charge in [0.15, 0.2) is 11.6 Å². The highest BCUT2D eigenvalue weighted by Crippen LogP contribution is 2.33. The van der Waals surface area contributed by atoms with Crippen LogP contribution in [0.2, 0.25) is 0 Å². The number of aromatic amines is 1. The normalized spacial score (nSPS) is 11.5. The molecular weight excluding hydrogens is 408 g/mol. The van der Waals surface area contributed by atoms with Crippen molar-refractivity contribution in [3.8, 4) is 11.5 Å². The number of benzene rings is 1. The van der Waals surface area contributed by atoms with Gasteiger partial charge in [-0.15, -0.1) is 0 Å². The maximum atomic E-state index is 13.7. The first kappa shape index (κ1) is 21.2. The van der Waals surface area contributed by atoms with E-state index in [0.29, 0.717) is 0 Å². The number of alkyl halides is 3. The minimum atomic E-state index is -5.87. The topological polar surface area (TPSA) is 98.3 Å². The van der Waals surface area contributed by atoms with Crippen molar-refractivity contribution >= 4 is 21.0 Å². The van der Waals surface area contributed by atoms with Crippen LogP contribution in [0.4, 0.5) is 17.6 Å². The summed E-state index contributed by atoms with van der Waals surface area (Å²) in [4.78, 5) is 16.3. The lowest BCUT2D eigenvalue weighted by atomic mass is 10.2. The predicted molar refractivity (Wildman–Crippen MR) is 90.9 cm³/mol. The molecule has 0 spiro atoms. The molecule has 3 aromatic rings. The average molecular weight is 420 g/mol. The van der Waals surface area contributed by atoms with E-state index >= 15 is 0 Å². The van der Waals surface area contributed by atoms with E-state index in [2.05, 4.69) is 14.2 Å². The second-order valence-electron chi connectivity index (χ2n) is 5.02. The van der Waals surface area contributed by atoms with Crippen LogP contribution in [0.1, 0.15) is 0 Å². The van der Waals surface area contributed by atoms with Gasteiger partial charge >= 0.3 is 15.6 Å². The smallest absolute Gasteiger partial charge is 0.497 e. The van der Waals surface area contributed by atoms with Crippen molar-refractivity contribution in [3.63, 3.8) is 0 Å². The van der Waals surface area contributed by atoms with E-state index in [1.165, 1.54) is 13.2 Å². The molecule has 0 aliphatic rings. The van der Waals surface area contributed by atoms with E-state index < -0.39 is 27.2 Å². The quantitative estimate of drug-likeness (QED) is 0.397. The van der Waals surface area contributed by atoms with Gasteiger partial charge in [-0.3, -0.25) is 9.78 Å². The van der Waals surface area contributed by atoms with Crippen LogP contribution in [0.5, 0.6) is 11.5 Å². The number of ether oxygens (including phenoxy) is 1. The molecule has 0 aliphatic carbocycles. The van der Waals surface area contributed by atoms with Crippen LogP contribution in [0.3, 0.4) is 0 Å². The van der Waals surface area contributed by atoms with E-state index in [1.807, 2.05) is 0 Å². The molecule has 0 aliphatic heterocycles. The van der Waals surface area contributed by atoms with Crippen molar-refractivity contribution in [2.45, 2.75) is 5.51 Å². The number of fused-ring (bicyclic) bond motifs is 1. The first-order chi connectivity index (χ1) is 13.0. The molecule has 2 aromatic heterocycles. The zero-order valence-electron chi connectivity index (χ0n) is 14.0. The van der Waals surface area contributed by atoms with Crippen LogP contribution in [0.15, 0.2) is 53.6 Å². The Labute approximate surface area is 155 Å². The van der Waals surface area contributed by atoms with E-state index in [1.54, 1.807) is 18.3 Å². The highest BCUT2D eigenvalue weighted by atomic mass is 32.2. The third kappa shape index (κ3) is 4.97. The Balaban J connectivity index is 0.000000336. The summed E-state index contributed by atoms with van der Waals surface area (Å²) in [6.45, 7) is 0. The van der Waals surface area contributed by atoms with Crippen LogP contribution in [-0.4, -0.2) is 31.0 Å². The number of hydrogen-bond acceptors (Lipinski definition) is 6. The second-order valence-corrected chi connectivity index (χ2v) is 6.56. The van der Waals surface area contributed by atoms with Gasteiger partial charge in [0.05, 0.1) is 12.5 Å². The molecule has 0 radical (unpaired) electrons. The number of aromatic nitrogens is 2. The number of nitrogens with zero attached hydrogens (tertiary/aromatic N) is 1. The number of nitrogens with one attached hydrogen (secondary N) is 1. The molecule has 3 rings (SSSR count). The lowest BCUT2D eigenvalue weighted by Gasteiger charge is -2.12. The summed E-state index contributed by atoms with van der Waals surface area (Å²) in [5.41, 5.74) is -5.99. The molecule has 0 unspecified atom stereocenters. The van der Waals surface area contributed by atoms with E-state index in [9.17, 15) is 30.8 Å². The Morgan fingerprint density at radius 1 is 1.14 bits per heavy atom. The molecule has 0 saturated heterocycles. The summed E-state index contributed by atoms with van der Waals surface area (Å²) < 4.78 is 81.5. The lowest BCUT2D eigenvalue weighted by Crippen LogP contribution is -2.28. The van der Waals surface area contributed by atoms with Gasteiger partial charge in [-0.05, 0) is 12.1 Å². The highest BCUT2D eigenvalue weighted by molar-refractivity contribution is 7.88. The molecule has 1 aromatic carbocycles. The summed E-state index contributed by atoms with van der Waals surface area (Å²) in [6.07, 6.45) is 2.53. The zero-order valence-corrected chi connectivity index (χ0v) is 14.8. The second kappa shape index (κ2) is 8.25. The molecular formula is C16H12F4N2O5S. The maximum Gasteiger partial charge on any atom is 0.534 e. The molecule has 7 nitrogen and oxygen atoms in total. The average Bonchev–Trinajstić information content (AvgIpc) is 2.62. The third-order valence-corrected chi connectivity index (χ3v) is 4.10. The van der Waals surface area contributed by atoms with E-state index in [0.717, 1.165) is 24.4 Å². The Bertz CT molecular complexity index is 1110. The predicted octanol–water partition coefficient (Wildman–Crippen LogP) is 2.99. The van der Waals surface area contributed by atoms with Gasteiger partial charge in [-0.2, -0.15) is 21.6 Å². The molecule has 0 amide bonds. The van der Waals surface area contributed by atoms with E-state index in [-0.39, 0.29) is 22.2 Å². The van der Waals surface area contributed by atoms with Gasteiger partial charge in [0, 0.05) is 30.6 Å². The maximum absolute atomic E-state index is 13.7. The standard InChI is InChI=1S/C11H7F4NO4S.C5H5NO/c1-19-6-4-7-9(20-21(17,18)11(13,14)15)2-3-16-10(7)8(12)5-6;7-5-3-1-2-4-6-5/h2-5H,1H3;1-4H,(H,6,7). The Kier molecular flexibility index (Phi) is 6.23. The highest BCUT2D eigenvalue weighted by Gasteiger charge is 2.48. The summed E-state index contributed by atoms with van der Waals surface area (Å²) in [6, 6.07) is 7.88. The third-order valence-electron chi connectivity index (χ3n) is 3.13. The number of halogens is 4. The summed E-state index contributed by atoms with van der Waals surface area (Å²) in [5.74, 6) is -1.61. The molecule has 0 saturated carbocycles. The monoisotopic (exact) mass is 420 g/mol. The van der Waals surface area contributed by atoms with Crippen LogP contribution >= 0.6 is 0 Å². The summed E-state index contributed by atoms with van der Waals surface area (Å²) in [5, 5.41) is -0.262. The summed E-state index contributed by atoms with van der Waals surface area (Å²) >= 11 is 0. The fourth-order valence-corrected chi connectivity index (χ4v) is 2.37. The Morgan fingerprint density at radius 3 is 2.36 bits per heavy atom. The lowest BCUT2D eigenvalue weighted by molar-refractivity contribution is -0.0499. The minimum Gasteiger partial charge on any atom is -0.497 e. The van der Waals surface area contributed by atoms with Gasteiger partial charge in [-0.1, -0.05) is 6.07 Å². The SMILES string of the molecule is COc1cc(F)c2nccc(OS(=O)(=O)C(F)(F)F)c2c1.O=c1cccc[nH]1. The van der Waals surface area contributed by atoms with Gasteiger partial charge < -0.3 is 13.9 Å². The Hall–Kier alpha value is -3.15. The van der Waals surface area contributed by atoms with Crippen molar-refractivity contribution < 1.29 is 34.9 Å². The fraction of sp³-hybridized carbons (Fsp3) is 0.125. The number of H-pyrrole nitrogens is 1. The van der Waals surface area contributed by atoms with Gasteiger partial charge in [0.25, 0.3) is 0 Å². The Morgan fingerprint density at radius 2 is 1.86 bits per heavy atom. The van der Waals surface area contributed by atoms with Crippen LogP contribution < -0.4 is 14.5 Å². The van der Waals surface area contributed by atoms with Crippen LogP contribution in [0.25, 0.3) is 10.9 Å². The van der Waals surface area contributed by atoms with Crippen LogP contribution in [0, 0.1) is 5.82 Å². The number of hydrogen-bond donors (Lipinski definition) is 1. The molecule has 0 bridgehead atoms.